The van der Waals surface area contributed by atoms with E-state index >= 15 is 0 Å². The largest absolute Gasteiger partial charge is 0.473 e. The molecular formula is C13H21FN2O2. The van der Waals surface area contributed by atoms with Gasteiger partial charge in [0.2, 0.25) is 0 Å². The summed E-state index contributed by atoms with van der Waals surface area (Å²) in [6.45, 7) is 6.70. The van der Waals surface area contributed by atoms with E-state index in [0.717, 1.165) is 13.0 Å². The molecule has 0 spiro atoms. The van der Waals surface area contributed by atoms with Gasteiger partial charge in [0.1, 0.15) is 6.61 Å². The molecule has 4 nitrogen and oxygen atoms in total. The van der Waals surface area contributed by atoms with Crippen molar-refractivity contribution >= 4 is 0 Å². The third kappa shape index (κ3) is 4.98. The van der Waals surface area contributed by atoms with Crippen LogP contribution in [0.4, 0.5) is 4.39 Å². The zero-order valence-electron chi connectivity index (χ0n) is 11.0. The molecule has 0 amide bonds. The Bertz CT molecular complexity index is 348. The smallest absolute Gasteiger partial charge is 0.250 e. The van der Waals surface area contributed by atoms with Crippen LogP contribution in [0.5, 0.6) is 5.88 Å². The van der Waals surface area contributed by atoms with Gasteiger partial charge in [0.25, 0.3) is 5.88 Å². The number of halogens is 1. The molecule has 5 heteroatoms. The first-order chi connectivity index (χ1) is 8.79. The molecule has 0 aliphatic rings. The van der Waals surface area contributed by atoms with E-state index in [1.807, 2.05) is 6.92 Å². The third-order valence-electron chi connectivity index (χ3n) is 2.35. The Kier molecular flexibility index (Phi) is 7.29. The lowest BCUT2D eigenvalue weighted by atomic mass is 10.2. The van der Waals surface area contributed by atoms with Gasteiger partial charge in [0.15, 0.2) is 5.82 Å². The summed E-state index contributed by atoms with van der Waals surface area (Å²) in [5.41, 5.74) is 0.574. The number of ether oxygens (including phenoxy) is 2. The van der Waals surface area contributed by atoms with Gasteiger partial charge < -0.3 is 14.8 Å². The molecule has 18 heavy (non-hydrogen) atoms. The second-order valence-corrected chi connectivity index (χ2v) is 3.81. The normalized spacial score (nSPS) is 10.6. The summed E-state index contributed by atoms with van der Waals surface area (Å²) in [7, 11) is 0. The number of nitrogens with zero attached hydrogens (tertiary/aromatic N) is 1. The zero-order chi connectivity index (χ0) is 13.2. The second-order valence-electron chi connectivity index (χ2n) is 3.81. The molecule has 1 rings (SSSR count). The van der Waals surface area contributed by atoms with E-state index in [0.29, 0.717) is 31.9 Å². The standard InChI is InChI=1S/C13H21FN2O2/c1-3-6-15-10-11-5-7-16-13(12(11)14)18-9-8-17-4-2/h5,7,15H,3-4,6,8-10H2,1-2H3. The van der Waals surface area contributed by atoms with Gasteiger partial charge in [-0.15, -0.1) is 0 Å². The van der Waals surface area contributed by atoms with Crippen molar-refractivity contribution in [2.24, 2.45) is 0 Å². The summed E-state index contributed by atoms with van der Waals surface area (Å²) >= 11 is 0. The van der Waals surface area contributed by atoms with Crippen LogP contribution in [-0.4, -0.2) is 31.3 Å². The Morgan fingerprint density at radius 1 is 1.33 bits per heavy atom. The molecule has 0 unspecified atom stereocenters. The average Bonchev–Trinajstić information content (AvgIpc) is 2.38. The number of nitrogens with one attached hydrogen (secondary N) is 1. The van der Waals surface area contributed by atoms with Crippen LogP contribution in [0.1, 0.15) is 25.8 Å². The first-order valence-corrected chi connectivity index (χ1v) is 6.34. The van der Waals surface area contributed by atoms with Gasteiger partial charge in [-0.05, 0) is 26.0 Å². The summed E-state index contributed by atoms with van der Waals surface area (Å²) < 4.78 is 24.3. The summed E-state index contributed by atoms with van der Waals surface area (Å²) in [4.78, 5) is 3.88. The summed E-state index contributed by atoms with van der Waals surface area (Å²) in [6, 6.07) is 1.66. The fourth-order valence-corrected chi connectivity index (χ4v) is 1.44. The first kappa shape index (κ1) is 14.9. The Labute approximate surface area is 108 Å². The SMILES string of the molecule is CCCNCc1ccnc(OCCOCC)c1F. The van der Waals surface area contributed by atoms with Crippen molar-refractivity contribution in [3.63, 3.8) is 0 Å². The highest BCUT2D eigenvalue weighted by atomic mass is 19.1. The van der Waals surface area contributed by atoms with E-state index < -0.39 is 5.82 Å². The number of hydrogen-bond donors (Lipinski definition) is 1. The number of pyridine rings is 1. The topological polar surface area (TPSA) is 43.4 Å². The number of aromatic nitrogens is 1. The molecule has 1 aromatic rings. The van der Waals surface area contributed by atoms with Crippen molar-refractivity contribution in [1.82, 2.24) is 10.3 Å². The van der Waals surface area contributed by atoms with Crippen molar-refractivity contribution in [3.05, 3.63) is 23.6 Å². The molecular weight excluding hydrogens is 235 g/mol. The molecule has 102 valence electrons. The van der Waals surface area contributed by atoms with E-state index in [-0.39, 0.29) is 5.88 Å². The monoisotopic (exact) mass is 256 g/mol. The minimum Gasteiger partial charge on any atom is -0.473 e. The quantitative estimate of drug-likeness (QED) is 0.687. The number of hydrogen-bond acceptors (Lipinski definition) is 4. The lowest BCUT2D eigenvalue weighted by Gasteiger charge is -2.09. The minimum absolute atomic E-state index is 0.0468. The van der Waals surface area contributed by atoms with Gasteiger partial charge >= 0.3 is 0 Å². The molecule has 0 bridgehead atoms. The lowest BCUT2D eigenvalue weighted by molar-refractivity contribution is 0.106. The van der Waals surface area contributed by atoms with E-state index in [2.05, 4.69) is 17.2 Å². The molecule has 0 radical (unpaired) electrons. The lowest BCUT2D eigenvalue weighted by Crippen LogP contribution is -2.16. The van der Waals surface area contributed by atoms with Crippen LogP contribution in [-0.2, 0) is 11.3 Å². The van der Waals surface area contributed by atoms with Crippen molar-refractivity contribution < 1.29 is 13.9 Å². The van der Waals surface area contributed by atoms with Gasteiger partial charge in [-0.1, -0.05) is 6.92 Å². The van der Waals surface area contributed by atoms with Gasteiger partial charge in [-0.3, -0.25) is 0 Å². The van der Waals surface area contributed by atoms with Crippen molar-refractivity contribution in [3.8, 4) is 5.88 Å². The highest BCUT2D eigenvalue weighted by Gasteiger charge is 2.10. The molecule has 1 aromatic heterocycles. The predicted molar refractivity (Wildman–Crippen MR) is 68.2 cm³/mol. The summed E-state index contributed by atoms with van der Waals surface area (Å²) in [5.74, 6) is -0.344. The molecule has 0 saturated carbocycles. The van der Waals surface area contributed by atoms with E-state index in [1.165, 1.54) is 0 Å². The maximum atomic E-state index is 13.9. The van der Waals surface area contributed by atoms with Crippen LogP contribution in [0.25, 0.3) is 0 Å². The summed E-state index contributed by atoms with van der Waals surface area (Å²) in [6.07, 6.45) is 2.58. The Balaban J connectivity index is 2.49. The van der Waals surface area contributed by atoms with Crippen LogP contribution in [0.3, 0.4) is 0 Å². The molecule has 0 atom stereocenters. The molecule has 0 fully saturated rings. The van der Waals surface area contributed by atoms with Crippen LogP contribution in [0, 0.1) is 5.82 Å². The summed E-state index contributed by atoms with van der Waals surface area (Å²) in [5, 5.41) is 3.15. The number of rotatable bonds is 9. The maximum Gasteiger partial charge on any atom is 0.250 e. The van der Waals surface area contributed by atoms with Gasteiger partial charge in [0, 0.05) is 24.9 Å². The van der Waals surface area contributed by atoms with Crippen LogP contribution >= 0.6 is 0 Å². The van der Waals surface area contributed by atoms with E-state index in [9.17, 15) is 4.39 Å². The molecule has 1 heterocycles. The highest BCUT2D eigenvalue weighted by molar-refractivity contribution is 5.23. The average molecular weight is 256 g/mol. The van der Waals surface area contributed by atoms with E-state index in [4.69, 9.17) is 9.47 Å². The third-order valence-corrected chi connectivity index (χ3v) is 2.35. The van der Waals surface area contributed by atoms with Crippen LogP contribution in [0.15, 0.2) is 12.3 Å². The molecule has 0 aliphatic carbocycles. The van der Waals surface area contributed by atoms with Gasteiger partial charge in [-0.25, -0.2) is 9.37 Å². The Hall–Kier alpha value is -1.20. The molecule has 0 saturated heterocycles. The van der Waals surface area contributed by atoms with Crippen molar-refractivity contribution in [1.29, 1.82) is 0 Å². The fraction of sp³-hybridized carbons (Fsp3) is 0.615. The zero-order valence-corrected chi connectivity index (χ0v) is 11.0. The Morgan fingerprint density at radius 3 is 2.89 bits per heavy atom. The van der Waals surface area contributed by atoms with Crippen molar-refractivity contribution in [2.75, 3.05) is 26.4 Å². The van der Waals surface area contributed by atoms with E-state index in [1.54, 1.807) is 12.3 Å². The van der Waals surface area contributed by atoms with Gasteiger partial charge in [0.05, 0.1) is 6.61 Å². The molecule has 0 aromatic carbocycles. The van der Waals surface area contributed by atoms with Crippen LogP contribution < -0.4 is 10.1 Å². The second kappa shape index (κ2) is 8.83. The van der Waals surface area contributed by atoms with Crippen molar-refractivity contribution in [2.45, 2.75) is 26.8 Å². The Morgan fingerprint density at radius 2 is 2.17 bits per heavy atom. The first-order valence-electron chi connectivity index (χ1n) is 6.34. The minimum atomic E-state index is -0.391. The van der Waals surface area contributed by atoms with Gasteiger partial charge in [-0.2, -0.15) is 0 Å². The fourth-order valence-electron chi connectivity index (χ4n) is 1.44. The highest BCUT2D eigenvalue weighted by Crippen LogP contribution is 2.17. The predicted octanol–water partition coefficient (Wildman–Crippen LogP) is 2.14. The maximum absolute atomic E-state index is 13.9. The molecule has 1 N–H and O–H groups in total. The van der Waals surface area contributed by atoms with Crippen LogP contribution in [0.2, 0.25) is 0 Å². The molecule has 0 aliphatic heterocycles.